The molecule has 0 aliphatic carbocycles. The second kappa shape index (κ2) is 13.5. The molecule has 0 aromatic rings. The highest BCUT2D eigenvalue weighted by Gasteiger charge is 2.34. The Hall–Kier alpha value is -2.79. The highest BCUT2D eigenvalue weighted by molar-refractivity contribution is 5.88. The summed E-state index contributed by atoms with van der Waals surface area (Å²) in [5.41, 5.74) is -0.105. The first-order valence-corrected chi connectivity index (χ1v) is 11.4. The van der Waals surface area contributed by atoms with Gasteiger partial charge in [0.05, 0.1) is 24.4 Å². The van der Waals surface area contributed by atoms with Crippen molar-refractivity contribution in [2.75, 3.05) is 13.2 Å². The summed E-state index contributed by atoms with van der Waals surface area (Å²) in [6.45, 7) is 20.6. The van der Waals surface area contributed by atoms with Crippen LogP contribution < -0.4 is 0 Å². The normalized spacial score (nSPS) is 13.6. The molecule has 0 N–H and O–H groups in total. The third-order valence-electron chi connectivity index (χ3n) is 3.55. The molecule has 0 unspecified atom stereocenters. The summed E-state index contributed by atoms with van der Waals surface area (Å²) < 4.78 is 20.5. The van der Waals surface area contributed by atoms with E-state index >= 15 is 0 Å². The van der Waals surface area contributed by atoms with Crippen molar-refractivity contribution in [1.82, 2.24) is 0 Å². The van der Waals surface area contributed by atoms with Crippen LogP contribution in [0.15, 0.2) is 23.7 Å². The molecular formula is C25H42O11. The molecular weight excluding hydrogens is 476 g/mol. The Bertz CT molecular complexity index is 743. The molecule has 0 amide bonds. The molecule has 0 heterocycles. The van der Waals surface area contributed by atoms with Crippen LogP contribution in [-0.4, -0.2) is 42.9 Å². The highest BCUT2D eigenvalue weighted by Crippen LogP contribution is 2.20. The topological polar surface area (TPSA) is 125 Å². The summed E-state index contributed by atoms with van der Waals surface area (Å²) in [5.74, 6) is -5.03. The smallest absolute Gasteiger partial charge is 0.420 e. The zero-order chi connectivity index (χ0) is 28.4. The molecule has 0 saturated heterocycles. The number of hydrogen-bond donors (Lipinski definition) is 0. The number of carbonyl (C=O) groups is 3. The predicted molar refractivity (Wildman–Crippen MR) is 128 cm³/mol. The molecule has 11 nitrogen and oxygen atoms in total. The van der Waals surface area contributed by atoms with Gasteiger partial charge in [0, 0.05) is 27.7 Å². The highest BCUT2D eigenvalue weighted by atomic mass is 17.2. The maximum Gasteiger partial charge on any atom is 0.514 e. The van der Waals surface area contributed by atoms with E-state index < -0.39 is 29.7 Å². The Balaban J connectivity index is 4.75. The van der Waals surface area contributed by atoms with Crippen molar-refractivity contribution >= 4 is 18.1 Å². The summed E-state index contributed by atoms with van der Waals surface area (Å²) in [6.07, 6.45) is 0.931. The summed E-state index contributed by atoms with van der Waals surface area (Å²) in [6, 6.07) is 0. The fourth-order valence-electron chi connectivity index (χ4n) is 1.80. The summed E-state index contributed by atoms with van der Waals surface area (Å²) in [5, 5.41) is 0. The van der Waals surface area contributed by atoms with E-state index in [2.05, 4.69) is 0 Å². The van der Waals surface area contributed by atoms with Crippen LogP contribution in [0.2, 0.25) is 0 Å². The van der Waals surface area contributed by atoms with Gasteiger partial charge in [0.1, 0.15) is 12.5 Å². The first-order chi connectivity index (χ1) is 16.1. The molecule has 0 aromatic carbocycles. The Morgan fingerprint density at radius 3 is 1.14 bits per heavy atom. The van der Waals surface area contributed by atoms with Crippen molar-refractivity contribution < 1.29 is 52.9 Å². The van der Waals surface area contributed by atoms with Gasteiger partial charge in [-0.05, 0) is 24.7 Å². The van der Waals surface area contributed by atoms with Gasteiger partial charge < -0.3 is 28.7 Å². The van der Waals surface area contributed by atoms with Crippen LogP contribution in [0, 0.1) is 10.8 Å². The van der Waals surface area contributed by atoms with Crippen molar-refractivity contribution in [3.63, 3.8) is 0 Å². The fraction of sp³-hybridized carbons (Fsp3) is 0.720. The third-order valence-corrected chi connectivity index (χ3v) is 3.55. The predicted octanol–water partition coefficient (Wildman–Crippen LogP) is 5.49. The minimum atomic E-state index is -1.70. The van der Waals surface area contributed by atoms with Crippen LogP contribution in [0.25, 0.3) is 0 Å². The van der Waals surface area contributed by atoms with Gasteiger partial charge in [-0.3, -0.25) is 0 Å². The largest absolute Gasteiger partial charge is 0.514 e. The Kier molecular flexibility index (Phi) is 12.5. The summed E-state index contributed by atoms with van der Waals surface area (Å²) in [4.78, 5) is 56.5. The fourth-order valence-corrected chi connectivity index (χ4v) is 1.80. The number of esters is 2. The van der Waals surface area contributed by atoms with Crippen molar-refractivity contribution in [3.05, 3.63) is 23.7 Å². The van der Waals surface area contributed by atoms with E-state index in [9.17, 15) is 14.4 Å². The molecule has 0 bridgehead atoms. The molecule has 0 aromatic heterocycles. The number of carbonyl (C=O) groups excluding carboxylic acids is 3. The molecule has 11 heteroatoms. The van der Waals surface area contributed by atoms with E-state index in [1.165, 1.54) is 41.5 Å². The summed E-state index contributed by atoms with van der Waals surface area (Å²) in [7, 11) is 0. The SMILES string of the molecule is C/C(=C\OOCC(C)(C)C)C(=O)OC(C)(C)OC(=O)OC(C)(C)OC(=O)/C(C)=C/OOCC(C)(C)C. The van der Waals surface area contributed by atoms with Crippen LogP contribution in [0.1, 0.15) is 83.1 Å². The van der Waals surface area contributed by atoms with E-state index in [1.807, 2.05) is 41.5 Å². The molecule has 0 aliphatic rings. The van der Waals surface area contributed by atoms with Crippen molar-refractivity contribution in [1.29, 1.82) is 0 Å². The van der Waals surface area contributed by atoms with Gasteiger partial charge in [-0.15, -0.1) is 0 Å². The second-order valence-corrected chi connectivity index (χ2v) is 11.5. The lowest BCUT2D eigenvalue weighted by Gasteiger charge is -2.28. The quantitative estimate of drug-likeness (QED) is 0.0619. The lowest BCUT2D eigenvalue weighted by molar-refractivity contribution is -0.264. The zero-order valence-electron chi connectivity index (χ0n) is 23.6. The molecule has 208 valence electrons. The maximum absolute atomic E-state index is 12.2. The number of rotatable bonds is 12. The minimum Gasteiger partial charge on any atom is -0.420 e. The average molecular weight is 519 g/mol. The van der Waals surface area contributed by atoms with Crippen LogP contribution in [0.4, 0.5) is 4.79 Å². The van der Waals surface area contributed by atoms with Crippen molar-refractivity contribution in [3.8, 4) is 0 Å². The molecule has 0 aliphatic heterocycles. The van der Waals surface area contributed by atoms with E-state index in [0.29, 0.717) is 13.2 Å². The van der Waals surface area contributed by atoms with Gasteiger partial charge in [0.2, 0.25) is 0 Å². The number of ether oxygens (including phenoxy) is 4. The first-order valence-electron chi connectivity index (χ1n) is 11.4. The number of hydrogen-bond acceptors (Lipinski definition) is 11. The van der Waals surface area contributed by atoms with E-state index in [1.54, 1.807) is 0 Å². The molecule has 0 fully saturated rings. The van der Waals surface area contributed by atoms with Gasteiger partial charge in [0.15, 0.2) is 0 Å². The average Bonchev–Trinajstić information content (AvgIpc) is 2.64. The molecule has 36 heavy (non-hydrogen) atoms. The molecule has 0 radical (unpaired) electrons. The molecule has 0 atom stereocenters. The molecule has 0 spiro atoms. The van der Waals surface area contributed by atoms with Crippen molar-refractivity contribution in [2.45, 2.75) is 94.7 Å². The standard InChI is InChI=1S/C25H42O11/c1-17(13-29-31-15-22(3,4)5)19(26)33-24(9,10)35-21(28)36-25(11,12)34-20(27)18(2)14-30-32-16-23(6,7)8/h13-14H,15-16H2,1-12H3/b17-13+,18-14+. The van der Waals surface area contributed by atoms with Crippen LogP contribution >= 0.6 is 0 Å². The molecule has 0 saturated carbocycles. The lowest BCUT2D eigenvalue weighted by Crippen LogP contribution is -2.39. The maximum atomic E-state index is 12.2. The Morgan fingerprint density at radius 1 is 0.556 bits per heavy atom. The van der Waals surface area contributed by atoms with Gasteiger partial charge in [-0.25, -0.2) is 14.4 Å². The van der Waals surface area contributed by atoms with Gasteiger partial charge in [0.25, 0.3) is 11.6 Å². The Morgan fingerprint density at radius 2 is 0.861 bits per heavy atom. The van der Waals surface area contributed by atoms with Crippen molar-refractivity contribution in [2.24, 2.45) is 10.8 Å². The van der Waals surface area contributed by atoms with Crippen LogP contribution in [0.3, 0.4) is 0 Å². The second-order valence-electron chi connectivity index (χ2n) is 11.5. The minimum absolute atomic E-state index is 0.0687. The first kappa shape index (κ1) is 33.2. The summed E-state index contributed by atoms with van der Waals surface area (Å²) >= 11 is 0. The third kappa shape index (κ3) is 16.8. The van der Waals surface area contributed by atoms with Gasteiger partial charge >= 0.3 is 18.1 Å². The van der Waals surface area contributed by atoms with Crippen LogP contribution in [0.5, 0.6) is 0 Å². The van der Waals surface area contributed by atoms with Crippen LogP contribution in [-0.2, 0) is 48.1 Å². The van der Waals surface area contributed by atoms with E-state index in [-0.39, 0.29) is 22.0 Å². The Labute approximate surface area is 213 Å². The van der Waals surface area contributed by atoms with Gasteiger partial charge in [-0.1, -0.05) is 41.5 Å². The van der Waals surface area contributed by atoms with Gasteiger partial charge in [-0.2, -0.15) is 9.78 Å². The molecule has 0 rings (SSSR count). The van der Waals surface area contributed by atoms with E-state index in [0.717, 1.165) is 12.5 Å². The lowest BCUT2D eigenvalue weighted by atomic mass is 9.99. The monoisotopic (exact) mass is 518 g/mol. The van der Waals surface area contributed by atoms with E-state index in [4.69, 9.17) is 38.5 Å². The zero-order valence-corrected chi connectivity index (χ0v) is 23.6.